The van der Waals surface area contributed by atoms with Gasteiger partial charge in [-0.15, -0.1) is 0 Å². The number of hydrogen-bond acceptors (Lipinski definition) is 2. The molecule has 2 aromatic rings. The molecule has 3 heteroatoms. The number of nitrogens with one attached hydrogen (secondary N) is 1. The lowest BCUT2D eigenvalue weighted by Crippen LogP contribution is -2.31. The molecule has 0 saturated heterocycles. The van der Waals surface area contributed by atoms with E-state index in [0.717, 1.165) is 34.5 Å². The third kappa shape index (κ3) is 4.13. The lowest BCUT2D eigenvalue weighted by Gasteiger charge is -2.18. The van der Waals surface area contributed by atoms with Gasteiger partial charge in [-0.05, 0) is 56.9 Å². The average molecular weight is 311 g/mol. The fraction of sp³-hybridized carbons (Fsp3) is 0.350. The van der Waals surface area contributed by atoms with Crippen molar-refractivity contribution in [2.45, 2.75) is 47.1 Å². The maximum absolute atomic E-state index is 12.5. The lowest BCUT2D eigenvalue weighted by atomic mass is 10.1. The second-order valence-corrected chi connectivity index (χ2v) is 5.98. The SMILES string of the molecule is CCc1cccc(C)c1NC(=O)[C@H](C)Oc1ccc(C)cc1C. The number of ether oxygens (including phenoxy) is 1. The largest absolute Gasteiger partial charge is 0.481 e. The van der Waals surface area contributed by atoms with Gasteiger partial charge in [0, 0.05) is 5.69 Å². The van der Waals surface area contributed by atoms with Gasteiger partial charge in [-0.3, -0.25) is 4.79 Å². The summed E-state index contributed by atoms with van der Waals surface area (Å²) in [7, 11) is 0. The van der Waals surface area contributed by atoms with Crippen LogP contribution in [0, 0.1) is 20.8 Å². The van der Waals surface area contributed by atoms with Gasteiger partial charge in [0.2, 0.25) is 0 Å². The Bertz CT molecular complexity index is 707. The summed E-state index contributed by atoms with van der Waals surface area (Å²) in [5, 5.41) is 3.02. The predicted molar refractivity (Wildman–Crippen MR) is 95.2 cm³/mol. The van der Waals surface area contributed by atoms with Crippen LogP contribution in [0.3, 0.4) is 0 Å². The van der Waals surface area contributed by atoms with E-state index in [1.54, 1.807) is 6.92 Å². The van der Waals surface area contributed by atoms with Crippen LogP contribution in [0.2, 0.25) is 0 Å². The van der Waals surface area contributed by atoms with E-state index < -0.39 is 6.10 Å². The first-order valence-corrected chi connectivity index (χ1v) is 8.05. The molecule has 0 bridgehead atoms. The summed E-state index contributed by atoms with van der Waals surface area (Å²) in [6.07, 6.45) is 0.324. The fourth-order valence-electron chi connectivity index (χ4n) is 2.60. The smallest absolute Gasteiger partial charge is 0.265 e. The minimum atomic E-state index is -0.555. The summed E-state index contributed by atoms with van der Waals surface area (Å²) in [4.78, 5) is 12.5. The van der Waals surface area contributed by atoms with Crippen LogP contribution in [0.1, 0.15) is 36.1 Å². The maximum atomic E-state index is 12.5. The summed E-state index contributed by atoms with van der Waals surface area (Å²) in [6, 6.07) is 12.0. The number of benzene rings is 2. The molecule has 2 rings (SSSR count). The normalized spacial score (nSPS) is 11.9. The van der Waals surface area contributed by atoms with Crippen molar-refractivity contribution >= 4 is 11.6 Å². The Morgan fingerprint density at radius 3 is 2.52 bits per heavy atom. The average Bonchev–Trinajstić information content (AvgIpc) is 2.51. The summed E-state index contributed by atoms with van der Waals surface area (Å²) in [6.45, 7) is 9.89. The van der Waals surface area contributed by atoms with Crippen molar-refractivity contribution in [2.24, 2.45) is 0 Å². The van der Waals surface area contributed by atoms with Crippen molar-refractivity contribution < 1.29 is 9.53 Å². The number of para-hydroxylation sites is 1. The van der Waals surface area contributed by atoms with Crippen LogP contribution in [0.4, 0.5) is 5.69 Å². The Hall–Kier alpha value is -2.29. The molecule has 0 saturated carbocycles. The monoisotopic (exact) mass is 311 g/mol. The van der Waals surface area contributed by atoms with Gasteiger partial charge in [0.1, 0.15) is 5.75 Å². The Morgan fingerprint density at radius 1 is 1.13 bits per heavy atom. The number of amides is 1. The van der Waals surface area contributed by atoms with E-state index in [2.05, 4.69) is 18.3 Å². The van der Waals surface area contributed by atoms with Crippen molar-refractivity contribution in [1.82, 2.24) is 0 Å². The number of carbonyl (C=O) groups excluding carboxylic acids is 1. The van der Waals surface area contributed by atoms with Crippen molar-refractivity contribution in [3.8, 4) is 5.75 Å². The van der Waals surface area contributed by atoms with Crippen LogP contribution in [0.25, 0.3) is 0 Å². The quantitative estimate of drug-likeness (QED) is 0.877. The molecule has 122 valence electrons. The van der Waals surface area contributed by atoms with E-state index in [1.165, 1.54) is 5.56 Å². The van der Waals surface area contributed by atoms with Crippen molar-refractivity contribution in [1.29, 1.82) is 0 Å². The molecule has 0 fully saturated rings. The summed E-state index contributed by atoms with van der Waals surface area (Å²) < 4.78 is 5.84. The highest BCUT2D eigenvalue weighted by Gasteiger charge is 2.17. The van der Waals surface area contributed by atoms with Crippen molar-refractivity contribution in [3.63, 3.8) is 0 Å². The summed E-state index contributed by atoms with van der Waals surface area (Å²) in [5.74, 6) is 0.618. The summed E-state index contributed by atoms with van der Waals surface area (Å²) in [5.41, 5.74) is 5.32. The molecule has 1 N–H and O–H groups in total. The van der Waals surface area contributed by atoms with Gasteiger partial charge in [0.25, 0.3) is 5.91 Å². The van der Waals surface area contributed by atoms with E-state index in [4.69, 9.17) is 4.74 Å². The first-order chi connectivity index (χ1) is 10.9. The zero-order valence-corrected chi connectivity index (χ0v) is 14.6. The van der Waals surface area contributed by atoms with Gasteiger partial charge in [-0.1, -0.05) is 42.8 Å². The fourth-order valence-corrected chi connectivity index (χ4v) is 2.60. The van der Waals surface area contributed by atoms with Gasteiger partial charge in [-0.25, -0.2) is 0 Å². The van der Waals surface area contributed by atoms with Crippen LogP contribution >= 0.6 is 0 Å². The molecule has 2 aromatic carbocycles. The standard InChI is InChI=1S/C20H25NO2/c1-6-17-9-7-8-14(3)19(17)21-20(22)16(5)23-18-11-10-13(2)12-15(18)4/h7-12,16H,6H2,1-5H3,(H,21,22)/t16-/m0/s1. The van der Waals surface area contributed by atoms with Crippen LogP contribution in [-0.2, 0) is 11.2 Å². The minimum Gasteiger partial charge on any atom is -0.481 e. The number of carbonyl (C=O) groups is 1. The van der Waals surface area contributed by atoms with Gasteiger partial charge >= 0.3 is 0 Å². The third-order valence-corrected chi connectivity index (χ3v) is 3.99. The molecule has 0 aromatic heterocycles. The Labute approximate surface area is 138 Å². The van der Waals surface area contributed by atoms with Gasteiger partial charge in [-0.2, -0.15) is 0 Å². The molecule has 0 unspecified atom stereocenters. The number of hydrogen-bond donors (Lipinski definition) is 1. The molecule has 23 heavy (non-hydrogen) atoms. The van der Waals surface area contributed by atoms with E-state index in [1.807, 2.05) is 51.1 Å². The number of anilines is 1. The van der Waals surface area contributed by atoms with Gasteiger partial charge in [0.15, 0.2) is 6.10 Å². The Balaban J connectivity index is 2.12. The van der Waals surface area contributed by atoms with Crippen LogP contribution in [-0.4, -0.2) is 12.0 Å². The van der Waals surface area contributed by atoms with Crippen LogP contribution in [0.15, 0.2) is 36.4 Å². The maximum Gasteiger partial charge on any atom is 0.265 e. The highest BCUT2D eigenvalue weighted by atomic mass is 16.5. The molecule has 3 nitrogen and oxygen atoms in total. The van der Waals surface area contributed by atoms with E-state index in [9.17, 15) is 4.79 Å². The summed E-state index contributed by atoms with van der Waals surface area (Å²) >= 11 is 0. The van der Waals surface area contributed by atoms with Gasteiger partial charge in [0.05, 0.1) is 0 Å². The Morgan fingerprint density at radius 2 is 1.87 bits per heavy atom. The van der Waals surface area contributed by atoms with Crippen LogP contribution < -0.4 is 10.1 Å². The second-order valence-electron chi connectivity index (χ2n) is 5.98. The first kappa shape index (κ1) is 17.1. The number of aryl methyl sites for hydroxylation is 4. The lowest BCUT2D eigenvalue weighted by molar-refractivity contribution is -0.122. The Kier molecular flexibility index (Phi) is 5.43. The van der Waals surface area contributed by atoms with Gasteiger partial charge < -0.3 is 10.1 Å². The van der Waals surface area contributed by atoms with Crippen molar-refractivity contribution in [3.05, 3.63) is 58.7 Å². The molecule has 1 atom stereocenters. The minimum absolute atomic E-state index is 0.131. The molecular weight excluding hydrogens is 286 g/mol. The molecule has 0 aliphatic heterocycles. The van der Waals surface area contributed by atoms with E-state index >= 15 is 0 Å². The zero-order valence-electron chi connectivity index (χ0n) is 14.6. The molecule has 0 radical (unpaired) electrons. The molecule has 0 aliphatic rings. The topological polar surface area (TPSA) is 38.3 Å². The van der Waals surface area contributed by atoms with Crippen LogP contribution in [0.5, 0.6) is 5.75 Å². The first-order valence-electron chi connectivity index (χ1n) is 8.05. The second kappa shape index (κ2) is 7.32. The molecule has 0 aliphatic carbocycles. The van der Waals surface area contributed by atoms with E-state index in [0.29, 0.717) is 0 Å². The molecule has 1 amide bonds. The predicted octanol–water partition coefficient (Wildman–Crippen LogP) is 4.58. The molecule has 0 spiro atoms. The molecular formula is C20H25NO2. The zero-order chi connectivity index (χ0) is 17.0. The highest BCUT2D eigenvalue weighted by molar-refractivity contribution is 5.95. The highest BCUT2D eigenvalue weighted by Crippen LogP contribution is 2.23. The molecule has 0 heterocycles. The van der Waals surface area contributed by atoms with Crippen molar-refractivity contribution in [2.75, 3.05) is 5.32 Å². The third-order valence-electron chi connectivity index (χ3n) is 3.99. The van der Waals surface area contributed by atoms with E-state index in [-0.39, 0.29) is 5.91 Å². The number of rotatable bonds is 5.